The first-order chi connectivity index (χ1) is 7.90. The molecule has 0 saturated heterocycles. The van der Waals surface area contributed by atoms with Gasteiger partial charge < -0.3 is 10.1 Å². The Morgan fingerprint density at radius 2 is 1.44 bits per heavy atom. The Hall–Kier alpha value is -0.0800. The lowest BCUT2D eigenvalue weighted by Gasteiger charge is -2.31. The van der Waals surface area contributed by atoms with Gasteiger partial charge in [-0.2, -0.15) is 0 Å². The van der Waals surface area contributed by atoms with E-state index in [2.05, 4.69) is 5.32 Å². The second-order valence-corrected chi connectivity index (χ2v) is 5.52. The van der Waals surface area contributed by atoms with Crippen LogP contribution < -0.4 is 5.32 Å². The second-order valence-electron chi connectivity index (χ2n) is 5.52. The maximum absolute atomic E-state index is 5.66. The molecule has 0 bridgehead atoms. The smallest absolute Gasteiger partial charge is 0.0724 e. The number of ether oxygens (including phenoxy) is 1. The Morgan fingerprint density at radius 1 is 0.812 bits per heavy atom. The molecule has 0 aromatic heterocycles. The van der Waals surface area contributed by atoms with Gasteiger partial charge in [-0.1, -0.05) is 38.5 Å². The van der Waals surface area contributed by atoms with E-state index in [-0.39, 0.29) is 0 Å². The topological polar surface area (TPSA) is 21.3 Å². The molecule has 0 aromatic carbocycles. The van der Waals surface area contributed by atoms with Crippen molar-refractivity contribution in [2.75, 3.05) is 7.11 Å². The molecular weight excluding hydrogens is 198 g/mol. The summed E-state index contributed by atoms with van der Waals surface area (Å²) < 4.78 is 5.66. The summed E-state index contributed by atoms with van der Waals surface area (Å²) in [6, 6.07) is 1.39. The van der Waals surface area contributed by atoms with Crippen LogP contribution in [0.4, 0.5) is 0 Å². The summed E-state index contributed by atoms with van der Waals surface area (Å²) in [4.78, 5) is 0. The van der Waals surface area contributed by atoms with E-state index in [1.807, 2.05) is 7.11 Å². The predicted octanol–water partition coefficient (Wildman–Crippen LogP) is 3.26. The van der Waals surface area contributed by atoms with Gasteiger partial charge in [0.2, 0.25) is 0 Å². The molecule has 2 atom stereocenters. The third-order valence-corrected chi connectivity index (χ3v) is 4.31. The lowest BCUT2D eigenvalue weighted by molar-refractivity contribution is 0.0569. The molecule has 2 aliphatic rings. The zero-order valence-corrected chi connectivity index (χ0v) is 10.7. The highest BCUT2D eigenvalue weighted by molar-refractivity contribution is 4.84. The molecule has 16 heavy (non-hydrogen) atoms. The molecular formula is C14H27NO. The van der Waals surface area contributed by atoms with Gasteiger partial charge in [-0.05, 0) is 25.7 Å². The van der Waals surface area contributed by atoms with Gasteiger partial charge in [0.15, 0.2) is 0 Å². The maximum Gasteiger partial charge on any atom is 0.0724 e. The summed E-state index contributed by atoms with van der Waals surface area (Å²) in [5, 5.41) is 3.87. The number of rotatable bonds is 3. The Morgan fingerprint density at radius 3 is 2.12 bits per heavy atom. The Labute approximate surface area is 100 Å². The van der Waals surface area contributed by atoms with Crippen molar-refractivity contribution in [1.82, 2.24) is 5.32 Å². The van der Waals surface area contributed by atoms with Crippen molar-refractivity contribution in [3.63, 3.8) is 0 Å². The largest absolute Gasteiger partial charge is 0.380 e. The number of nitrogens with one attached hydrogen (secondary N) is 1. The monoisotopic (exact) mass is 225 g/mol. The molecule has 0 heterocycles. The lowest BCUT2D eigenvalue weighted by atomic mass is 9.93. The van der Waals surface area contributed by atoms with E-state index < -0.39 is 0 Å². The molecule has 0 aromatic rings. The fourth-order valence-electron chi connectivity index (χ4n) is 3.32. The van der Waals surface area contributed by atoms with E-state index in [1.54, 1.807) is 0 Å². The number of methoxy groups -OCH3 is 1. The SMILES string of the molecule is COC1CCCCCC1NC1CCCCC1. The third kappa shape index (κ3) is 3.46. The van der Waals surface area contributed by atoms with E-state index in [9.17, 15) is 0 Å². The first kappa shape index (κ1) is 12.4. The first-order valence-corrected chi connectivity index (χ1v) is 7.19. The van der Waals surface area contributed by atoms with Crippen molar-refractivity contribution in [3.05, 3.63) is 0 Å². The van der Waals surface area contributed by atoms with Crippen LogP contribution in [0.25, 0.3) is 0 Å². The standard InChI is InChI=1S/C14H27NO/c1-16-14-11-7-3-6-10-13(14)15-12-8-4-2-5-9-12/h12-15H,2-11H2,1H3. The molecule has 2 rings (SSSR count). The van der Waals surface area contributed by atoms with Crippen molar-refractivity contribution in [2.24, 2.45) is 0 Å². The van der Waals surface area contributed by atoms with Gasteiger partial charge in [-0.15, -0.1) is 0 Å². The van der Waals surface area contributed by atoms with Crippen LogP contribution in [-0.4, -0.2) is 25.3 Å². The minimum atomic E-state index is 0.462. The van der Waals surface area contributed by atoms with Crippen molar-refractivity contribution >= 4 is 0 Å². The maximum atomic E-state index is 5.66. The minimum Gasteiger partial charge on any atom is -0.380 e. The Balaban J connectivity index is 1.83. The summed E-state index contributed by atoms with van der Waals surface area (Å²) in [5.41, 5.74) is 0. The zero-order chi connectivity index (χ0) is 11.2. The average molecular weight is 225 g/mol. The number of hydrogen-bond donors (Lipinski definition) is 1. The first-order valence-electron chi connectivity index (χ1n) is 7.19. The Kier molecular flexibility index (Phi) is 5.11. The molecule has 1 N–H and O–H groups in total. The normalized spacial score (nSPS) is 33.6. The van der Waals surface area contributed by atoms with E-state index >= 15 is 0 Å². The molecule has 0 aliphatic heterocycles. The van der Waals surface area contributed by atoms with Crippen molar-refractivity contribution in [2.45, 2.75) is 82.4 Å². The minimum absolute atomic E-state index is 0.462. The van der Waals surface area contributed by atoms with E-state index in [4.69, 9.17) is 4.74 Å². The molecule has 0 spiro atoms. The van der Waals surface area contributed by atoms with E-state index in [0.29, 0.717) is 12.1 Å². The molecule has 2 saturated carbocycles. The summed E-state index contributed by atoms with van der Waals surface area (Å²) in [6.45, 7) is 0. The summed E-state index contributed by atoms with van der Waals surface area (Å²) in [6.07, 6.45) is 14.2. The van der Waals surface area contributed by atoms with E-state index in [0.717, 1.165) is 6.04 Å². The van der Waals surface area contributed by atoms with Crippen LogP contribution in [0.15, 0.2) is 0 Å². The fraction of sp³-hybridized carbons (Fsp3) is 1.00. The second kappa shape index (κ2) is 6.61. The lowest BCUT2D eigenvalue weighted by Crippen LogP contribution is -2.46. The van der Waals surface area contributed by atoms with Crippen LogP contribution in [-0.2, 0) is 4.74 Å². The average Bonchev–Trinajstić information content (AvgIpc) is 2.55. The zero-order valence-electron chi connectivity index (χ0n) is 10.7. The fourth-order valence-corrected chi connectivity index (χ4v) is 3.32. The molecule has 2 nitrogen and oxygen atoms in total. The summed E-state index contributed by atoms with van der Waals surface area (Å²) in [5.74, 6) is 0. The van der Waals surface area contributed by atoms with Crippen LogP contribution in [0, 0.1) is 0 Å². The summed E-state index contributed by atoms with van der Waals surface area (Å²) >= 11 is 0. The third-order valence-electron chi connectivity index (χ3n) is 4.31. The molecule has 94 valence electrons. The van der Waals surface area contributed by atoms with Crippen molar-refractivity contribution < 1.29 is 4.74 Å². The quantitative estimate of drug-likeness (QED) is 0.744. The van der Waals surface area contributed by atoms with Crippen LogP contribution in [0.1, 0.15) is 64.2 Å². The highest BCUT2D eigenvalue weighted by atomic mass is 16.5. The van der Waals surface area contributed by atoms with Gasteiger partial charge in [-0.3, -0.25) is 0 Å². The van der Waals surface area contributed by atoms with Gasteiger partial charge >= 0.3 is 0 Å². The van der Waals surface area contributed by atoms with Crippen molar-refractivity contribution in [3.8, 4) is 0 Å². The highest BCUT2D eigenvalue weighted by Gasteiger charge is 2.26. The molecule has 2 heteroatoms. The van der Waals surface area contributed by atoms with Gasteiger partial charge in [0.1, 0.15) is 0 Å². The van der Waals surface area contributed by atoms with Crippen LogP contribution in [0.5, 0.6) is 0 Å². The van der Waals surface area contributed by atoms with Crippen molar-refractivity contribution in [1.29, 1.82) is 0 Å². The molecule has 0 radical (unpaired) electrons. The van der Waals surface area contributed by atoms with Crippen LogP contribution in [0.3, 0.4) is 0 Å². The molecule has 0 amide bonds. The summed E-state index contributed by atoms with van der Waals surface area (Å²) in [7, 11) is 1.88. The van der Waals surface area contributed by atoms with Gasteiger partial charge in [0, 0.05) is 19.2 Å². The van der Waals surface area contributed by atoms with Gasteiger partial charge in [-0.25, -0.2) is 0 Å². The van der Waals surface area contributed by atoms with E-state index in [1.165, 1.54) is 64.2 Å². The molecule has 2 unspecified atom stereocenters. The Bertz CT molecular complexity index is 189. The van der Waals surface area contributed by atoms with Gasteiger partial charge in [0.05, 0.1) is 6.10 Å². The molecule has 2 fully saturated rings. The van der Waals surface area contributed by atoms with Crippen LogP contribution in [0.2, 0.25) is 0 Å². The predicted molar refractivity (Wildman–Crippen MR) is 67.7 cm³/mol. The number of hydrogen-bond acceptors (Lipinski definition) is 2. The highest BCUT2D eigenvalue weighted by Crippen LogP contribution is 2.24. The van der Waals surface area contributed by atoms with Gasteiger partial charge in [0.25, 0.3) is 0 Å². The van der Waals surface area contributed by atoms with Crippen LogP contribution >= 0.6 is 0 Å². The molecule has 2 aliphatic carbocycles.